The van der Waals surface area contributed by atoms with E-state index in [0.29, 0.717) is 5.56 Å². The monoisotopic (exact) mass is 303 g/mol. The Balaban J connectivity index is 2.10. The summed E-state index contributed by atoms with van der Waals surface area (Å²) in [7, 11) is 0. The van der Waals surface area contributed by atoms with Crippen molar-refractivity contribution in [1.29, 1.82) is 0 Å². The first-order valence-electron chi connectivity index (χ1n) is 7.08. The summed E-state index contributed by atoms with van der Waals surface area (Å²) in [5, 5.41) is 0. The number of alkyl halides is 3. The van der Waals surface area contributed by atoms with Gasteiger partial charge in [0.15, 0.2) is 0 Å². The van der Waals surface area contributed by atoms with Crippen molar-refractivity contribution < 1.29 is 13.2 Å². The molecule has 0 saturated carbocycles. The molecule has 2 aromatic rings. The van der Waals surface area contributed by atoms with E-state index >= 15 is 0 Å². The van der Waals surface area contributed by atoms with Gasteiger partial charge in [0.25, 0.3) is 0 Å². The fourth-order valence-corrected chi connectivity index (χ4v) is 2.99. The summed E-state index contributed by atoms with van der Waals surface area (Å²) in [4.78, 5) is 4.66. The molecule has 0 saturated heterocycles. The van der Waals surface area contributed by atoms with E-state index in [1.54, 1.807) is 6.92 Å². The van der Waals surface area contributed by atoms with Crippen LogP contribution in [0.2, 0.25) is 0 Å². The molecule has 0 aliphatic carbocycles. The predicted octanol–water partition coefficient (Wildman–Crippen LogP) is 5.43. The van der Waals surface area contributed by atoms with E-state index in [9.17, 15) is 13.2 Å². The van der Waals surface area contributed by atoms with E-state index in [-0.39, 0.29) is 5.41 Å². The molecule has 0 aromatic heterocycles. The van der Waals surface area contributed by atoms with Crippen molar-refractivity contribution in [1.82, 2.24) is 0 Å². The van der Waals surface area contributed by atoms with Crippen LogP contribution >= 0.6 is 0 Å². The highest BCUT2D eigenvalue weighted by molar-refractivity contribution is 6.13. The minimum Gasteiger partial charge on any atom is -0.252 e. The van der Waals surface area contributed by atoms with Crippen LogP contribution in [0.4, 0.5) is 18.9 Å². The Morgan fingerprint density at radius 1 is 1.00 bits per heavy atom. The van der Waals surface area contributed by atoms with E-state index in [1.807, 2.05) is 24.3 Å². The molecule has 1 aliphatic heterocycles. The molecule has 4 heteroatoms. The molecule has 0 N–H and O–H groups in total. The molecule has 0 fully saturated rings. The molecule has 0 amide bonds. The Bertz CT molecular complexity index is 770. The largest absolute Gasteiger partial charge is 0.416 e. The molecule has 1 heterocycles. The number of nitrogens with zero attached hydrogens (tertiary/aromatic N) is 1. The van der Waals surface area contributed by atoms with Crippen LogP contribution < -0.4 is 0 Å². The van der Waals surface area contributed by atoms with Gasteiger partial charge >= 0.3 is 6.18 Å². The summed E-state index contributed by atoms with van der Waals surface area (Å²) in [6, 6.07) is 11.7. The van der Waals surface area contributed by atoms with Crippen LogP contribution in [0, 0.1) is 6.92 Å². The van der Waals surface area contributed by atoms with Crippen LogP contribution in [0.5, 0.6) is 0 Å². The fraction of sp³-hybridized carbons (Fsp3) is 0.278. The number of para-hydroxylation sites is 1. The second-order valence-corrected chi connectivity index (χ2v) is 6.13. The van der Waals surface area contributed by atoms with E-state index < -0.39 is 11.7 Å². The number of aliphatic imine (C=N–C) groups is 1. The molecule has 22 heavy (non-hydrogen) atoms. The van der Waals surface area contributed by atoms with Crippen molar-refractivity contribution in [3.63, 3.8) is 0 Å². The van der Waals surface area contributed by atoms with Gasteiger partial charge in [0.05, 0.1) is 17.0 Å². The summed E-state index contributed by atoms with van der Waals surface area (Å²) in [6.07, 6.45) is -4.32. The number of rotatable bonds is 1. The van der Waals surface area contributed by atoms with Crippen molar-refractivity contribution in [2.24, 2.45) is 4.99 Å². The van der Waals surface area contributed by atoms with E-state index in [0.717, 1.165) is 28.6 Å². The normalized spacial score (nSPS) is 16.4. The molecule has 0 radical (unpaired) electrons. The first-order valence-corrected chi connectivity index (χ1v) is 7.08. The van der Waals surface area contributed by atoms with Gasteiger partial charge in [0.2, 0.25) is 0 Å². The van der Waals surface area contributed by atoms with Gasteiger partial charge in [-0.1, -0.05) is 38.1 Å². The zero-order valence-corrected chi connectivity index (χ0v) is 12.6. The van der Waals surface area contributed by atoms with Crippen molar-refractivity contribution in [2.45, 2.75) is 32.4 Å². The van der Waals surface area contributed by atoms with Crippen LogP contribution in [-0.4, -0.2) is 5.71 Å². The highest BCUT2D eigenvalue weighted by atomic mass is 19.4. The van der Waals surface area contributed by atoms with Crippen LogP contribution in [0.3, 0.4) is 0 Å². The standard InChI is InChI=1S/C18H16F3N/c1-11-10-12(18(19,20)21)8-9-13(11)16-17(2,3)14-6-4-5-7-15(14)22-16/h4-10H,1-3H3. The Labute approximate surface area is 127 Å². The van der Waals surface area contributed by atoms with E-state index in [1.165, 1.54) is 12.1 Å². The molecule has 2 aromatic carbocycles. The number of fused-ring (bicyclic) bond motifs is 1. The van der Waals surface area contributed by atoms with Gasteiger partial charge in [-0.05, 0) is 41.8 Å². The van der Waals surface area contributed by atoms with Crippen LogP contribution in [0.25, 0.3) is 0 Å². The van der Waals surface area contributed by atoms with Gasteiger partial charge in [-0.25, -0.2) is 0 Å². The molecule has 3 rings (SSSR count). The Morgan fingerprint density at radius 3 is 2.27 bits per heavy atom. The lowest BCUT2D eigenvalue weighted by molar-refractivity contribution is -0.137. The zero-order valence-electron chi connectivity index (χ0n) is 12.6. The topological polar surface area (TPSA) is 12.4 Å². The lowest BCUT2D eigenvalue weighted by atomic mass is 9.78. The van der Waals surface area contributed by atoms with Crippen molar-refractivity contribution >= 4 is 11.4 Å². The van der Waals surface area contributed by atoms with Crippen molar-refractivity contribution in [2.75, 3.05) is 0 Å². The molecule has 0 unspecified atom stereocenters. The fourth-order valence-electron chi connectivity index (χ4n) is 2.99. The van der Waals surface area contributed by atoms with Gasteiger partial charge in [-0.3, -0.25) is 4.99 Å². The maximum absolute atomic E-state index is 12.8. The van der Waals surface area contributed by atoms with E-state index in [2.05, 4.69) is 18.8 Å². The minimum atomic E-state index is -4.32. The van der Waals surface area contributed by atoms with Crippen LogP contribution in [0.15, 0.2) is 47.5 Å². The summed E-state index contributed by atoms with van der Waals surface area (Å²) < 4.78 is 38.4. The second-order valence-electron chi connectivity index (χ2n) is 6.13. The first kappa shape index (κ1) is 14.8. The highest BCUT2D eigenvalue weighted by Crippen LogP contribution is 2.42. The van der Waals surface area contributed by atoms with Crippen LogP contribution in [0.1, 0.15) is 36.1 Å². The molecular formula is C18H16F3N. The summed E-state index contributed by atoms with van der Waals surface area (Å²) in [5.41, 5.74) is 3.23. The average Bonchev–Trinajstić information content (AvgIpc) is 2.70. The number of hydrogen-bond acceptors (Lipinski definition) is 1. The SMILES string of the molecule is Cc1cc(C(F)(F)F)ccc1C1=Nc2ccccc2C1(C)C. The van der Waals surface area contributed by atoms with Gasteiger partial charge in [0, 0.05) is 5.41 Å². The Morgan fingerprint density at radius 2 is 1.68 bits per heavy atom. The van der Waals surface area contributed by atoms with E-state index in [4.69, 9.17) is 0 Å². The minimum absolute atomic E-state index is 0.318. The third-order valence-electron chi connectivity index (χ3n) is 4.21. The predicted molar refractivity (Wildman–Crippen MR) is 81.8 cm³/mol. The number of aryl methyl sites for hydroxylation is 1. The molecule has 1 nitrogen and oxygen atoms in total. The number of halogens is 3. The van der Waals surface area contributed by atoms with Crippen molar-refractivity contribution in [3.05, 3.63) is 64.7 Å². The van der Waals surface area contributed by atoms with Gasteiger partial charge in [0.1, 0.15) is 0 Å². The van der Waals surface area contributed by atoms with Gasteiger partial charge in [-0.2, -0.15) is 13.2 Å². The molecule has 114 valence electrons. The molecule has 1 aliphatic rings. The maximum Gasteiger partial charge on any atom is 0.416 e. The number of benzene rings is 2. The zero-order chi connectivity index (χ0) is 16.1. The summed E-state index contributed by atoms with van der Waals surface area (Å²) >= 11 is 0. The van der Waals surface area contributed by atoms with Gasteiger partial charge in [-0.15, -0.1) is 0 Å². The lowest BCUT2D eigenvalue weighted by Crippen LogP contribution is -2.27. The number of hydrogen-bond donors (Lipinski definition) is 0. The third kappa shape index (κ3) is 2.23. The molecule has 0 atom stereocenters. The smallest absolute Gasteiger partial charge is 0.252 e. The molecule has 0 bridgehead atoms. The first-order chi connectivity index (χ1) is 10.2. The third-order valence-corrected chi connectivity index (χ3v) is 4.21. The quantitative estimate of drug-likeness (QED) is 0.666. The van der Waals surface area contributed by atoms with Crippen molar-refractivity contribution in [3.8, 4) is 0 Å². The van der Waals surface area contributed by atoms with Gasteiger partial charge < -0.3 is 0 Å². The summed E-state index contributed by atoms with van der Waals surface area (Å²) in [5.74, 6) is 0. The molecular weight excluding hydrogens is 287 g/mol. The highest BCUT2D eigenvalue weighted by Gasteiger charge is 2.37. The Hall–Kier alpha value is -2.10. The molecule has 0 spiro atoms. The Kier molecular flexibility index (Phi) is 3.17. The summed E-state index contributed by atoms with van der Waals surface area (Å²) in [6.45, 7) is 5.80. The van der Waals surface area contributed by atoms with Crippen LogP contribution in [-0.2, 0) is 11.6 Å². The average molecular weight is 303 g/mol. The lowest BCUT2D eigenvalue weighted by Gasteiger charge is -2.24. The second kappa shape index (κ2) is 4.70. The maximum atomic E-state index is 12.8.